The molecule has 1 unspecified atom stereocenters. The molecule has 3 N–H and O–H groups in total. The quantitative estimate of drug-likeness (QED) is 0.312. The SMILES string of the molecule is CCCC(CCO)CN=C(NCC)N1CCC(c2ncn[nH]2)CC1.I. The minimum absolute atomic E-state index is 0. The molecular weight excluding hydrogens is 431 g/mol. The highest BCUT2D eigenvalue weighted by molar-refractivity contribution is 14.0. The highest BCUT2D eigenvalue weighted by Crippen LogP contribution is 2.25. The highest BCUT2D eigenvalue weighted by atomic mass is 127. The van der Waals surface area contributed by atoms with Gasteiger partial charge in [-0.3, -0.25) is 10.1 Å². The molecule has 25 heavy (non-hydrogen) atoms. The van der Waals surface area contributed by atoms with Crippen LogP contribution in [0, 0.1) is 5.92 Å². The lowest BCUT2D eigenvalue weighted by atomic mass is 9.96. The maximum absolute atomic E-state index is 9.21. The third-order valence-corrected chi connectivity index (χ3v) is 4.68. The van der Waals surface area contributed by atoms with Crippen LogP contribution in [-0.2, 0) is 0 Å². The summed E-state index contributed by atoms with van der Waals surface area (Å²) in [7, 11) is 0. The molecule has 1 fully saturated rings. The molecule has 1 aliphatic rings. The number of H-pyrrole nitrogens is 1. The Kier molecular flexibility index (Phi) is 11.0. The topological polar surface area (TPSA) is 89.4 Å². The van der Waals surface area contributed by atoms with E-state index < -0.39 is 0 Å². The van der Waals surface area contributed by atoms with E-state index in [1.807, 2.05) is 0 Å². The fraction of sp³-hybridized carbons (Fsp3) is 0.824. The number of piperidine rings is 1. The van der Waals surface area contributed by atoms with Gasteiger partial charge < -0.3 is 15.3 Å². The second-order valence-electron chi connectivity index (χ2n) is 6.49. The van der Waals surface area contributed by atoms with Crippen molar-refractivity contribution in [3.63, 3.8) is 0 Å². The summed E-state index contributed by atoms with van der Waals surface area (Å²) in [5.74, 6) is 2.95. The van der Waals surface area contributed by atoms with Gasteiger partial charge in [-0.1, -0.05) is 13.3 Å². The predicted molar refractivity (Wildman–Crippen MR) is 111 cm³/mol. The zero-order valence-electron chi connectivity index (χ0n) is 15.4. The summed E-state index contributed by atoms with van der Waals surface area (Å²) < 4.78 is 0. The van der Waals surface area contributed by atoms with Crippen LogP contribution in [-0.4, -0.2) is 63.9 Å². The van der Waals surface area contributed by atoms with E-state index in [4.69, 9.17) is 4.99 Å². The summed E-state index contributed by atoms with van der Waals surface area (Å²) in [6.07, 6.45) is 6.81. The molecule has 0 saturated carbocycles. The molecule has 7 nitrogen and oxygen atoms in total. The number of aliphatic hydroxyl groups excluding tert-OH is 1. The highest BCUT2D eigenvalue weighted by Gasteiger charge is 2.24. The molecule has 0 radical (unpaired) electrons. The summed E-state index contributed by atoms with van der Waals surface area (Å²) in [6.45, 7) is 8.17. The molecule has 1 aromatic heterocycles. The van der Waals surface area contributed by atoms with Gasteiger partial charge in [-0.2, -0.15) is 5.10 Å². The van der Waals surface area contributed by atoms with Crippen molar-refractivity contribution >= 4 is 29.9 Å². The van der Waals surface area contributed by atoms with Gasteiger partial charge in [0.1, 0.15) is 12.2 Å². The van der Waals surface area contributed by atoms with Gasteiger partial charge in [0.05, 0.1) is 0 Å². The zero-order valence-corrected chi connectivity index (χ0v) is 17.8. The van der Waals surface area contributed by atoms with E-state index in [-0.39, 0.29) is 30.6 Å². The molecule has 0 bridgehead atoms. The Morgan fingerprint density at radius 2 is 2.16 bits per heavy atom. The molecule has 0 aromatic carbocycles. The Balaban J connectivity index is 0.00000312. The number of likely N-dealkylation sites (tertiary alicyclic amines) is 1. The van der Waals surface area contributed by atoms with Gasteiger partial charge in [-0.15, -0.1) is 24.0 Å². The van der Waals surface area contributed by atoms with E-state index in [1.54, 1.807) is 6.33 Å². The third-order valence-electron chi connectivity index (χ3n) is 4.68. The Morgan fingerprint density at radius 3 is 2.72 bits per heavy atom. The molecule has 2 heterocycles. The van der Waals surface area contributed by atoms with Gasteiger partial charge in [0.2, 0.25) is 0 Å². The van der Waals surface area contributed by atoms with E-state index in [0.29, 0.717) is 11.8 Å². The van der Waals surface area contributed by atoms with Gasteiger partial charge in [-0.25, -0.2) is 4.98 Å². The fourth-order valence-corrected chi connectivity index (χ4v) is 3.34. The lowest BCUT2D eigenvalue weighted by Gasteiger charge is -2.33. The lowest BCUT2D eigenvalue weighted by Crippen LogP contribution is -2.45. The number of hydrogen-bond donors (Lipinski definition) is 3. The molecule has 1 atom stereocenters. The van der Waals surface area contributed by atoms with Crippen molar-refractivity contribution in [3.8, 4) is 0 Å². The van der Waals surface area contributed by atoms with Gasteiger partial charge in [0.15, 0.2) is 5.96 Å². The number of aliphatic imine (C=N–C) groups is 1. The molecule has 1 saturated heterocycles. The van der Waals surface area contributed by atoms with Crippen molar-refractivity contribution in [1.82, 2.24) is 25.4 Å². The monoisotopic (exact) mass is 464 g/mol. The van der Waals surface area contributed by atoms with Crippen LogP contribution < -0.4 is 5.32 Å². The number of nitrogens with one attached hydrogen (secondary N) is 2. The molecule has 0 amide bonds. The van der Waals surface area contributed by atoms with Crippen LogP contribution in [0.1, 0.15) is 57.7 Å². The van der Waals surface area contributed by atoms with Gasteiger partial charge >= 0.3 is 0 Å². The standard InChI is InChI=1S/C17H32N6O.HI/c1-3-5-14(8-11-24)12-19-17(18-4-2)23-9-6-15(7-10-23)16-20-13-21-22-16;/h13-15,24H,3-12H2,1-2H3,(H,18,19)(H,20,21,22);1H. The number of hydrogen-bond acceptors (Lipinski definition) is 4. The zero-order chi connectivity index (χ0) is 17.2. The van der Waals surface area contributed by atoms with Crippen molar-refractivity contribution in [2.24, 2.45) is 10.9 Å². The average Bonchev–Trinajstić information content (AvgIpc) is 3.13. The molecule has 2 rings (SSSR count). The second-order valence-corrected chi connectivity index (χ2v) is 6.49. The van der Waals surface area contributed by atoms with Crippen molar-refractivity contribution in [1.29, 1.82) is 0 Å². The lowest BCUT2D eigenvalue weighted by molar-refractivity contribution is 0.252. The van der Waals surface area contributed by atoms with Crippen LogP contribution in [0.3, 0.4) is 0 Å². The minimum Gasteiger partial charge on any atom is -0.396 e. The van der Waals surface area contributed by atoms with Crippen LogP contribution in [0.15, 0.2) is 11.3 Å². The smallest absolute Gasteiger partial charge is 0.193 e. The number of guanidine groups is 1. The maximum Gasteiger partial charge on any atom is 0.193 e. The minimum atomic E-state index is 0. The van der Waals surface area contributed by atoms with Crippen molar-refractivity contribution in [2.45, 2.75) is 51.9 Å². The maximum atomic E-state index is 9.21. The van der Waals surface area contributed by atoms with E-state index in [0.717, 1.165) is 70.1 Å². The number of aromatic amines is 1. The first-order valence-electron chi connectivity index (χ1n) is 9.27. The molecular formula is C17H33IN6O. The summed E-state index contributed by atoms with van der Waals surface area (Å²) in [5.41, 5.74) is 0. The van der Waals surface area contributed by atoms with E-state index in [1.165, 1.54) is 0 Å². The van der Waals surface area contributed by atoms with Gasteiger partial charge in [0, 0.05) is 38.7 Å². The van der Waals surface area contributed by atoms with E-state index in [9.17, 15) is 5.11 Å². The van der Waals surface area contributed by atoms with E-state index in [2.05, 4.69) is 39.2 Å². The first kappa shape index (κ1) is 22.1. The van der Waals surface area contributed by atoms with Crippen LogP contribution in [0.2, 0.25) is 0 Å². The van der Waals surface area contributed by atoms with Crippen LogP contribution in [0.4, 0.5) is 0 Å². The number of rotatable bonds is 8. The molecule has 0 spiro atoms. The number of halogens is 1. The second kappa shape index (κ2) is 12.5. The number of aliphatic hydroxyl groups is 1. The molecule has 144 valence electrons. The Hall–Kier alpha value is -0.900. The Labute approximate surface area is 168 Å². The van der Waals surface area contributed by atoms with Gasteiger partial charge in [0.25, 0.3) is 0 Å². The average molecular weight is 464 g/mol. The Bertz CT molecular complexity index is 467. The van der Waals surface area contributed by atoms with Crippen LogP contribution >= 0.6 is 24.0 Å². The van der Waals surface area contributed by atoms with Crippen LogP contribution in [0.5, 0.6) is 0 Å². The summed E-state index contributed by atoms with van der Waals surface area (Å²) >= 11 is 0. The molecule has 1 aliphatic heterocycles. The number of aromatic nitrogens is 3. The summed E-state index contributed by atoms with van der Waals surface area (Å²) in [5, 5.41) is 19.6. The molecule has 0 aliphatic carbocycles. The predicted octanol–water partition coefficient (Wildman–Crippen LogP) is 2.37. The van der Waals surface area contributed by atoms with Crippen molar-refractivity contribution in [2.75, 3.05) is 32.8 Å². The van der Waals surface area contributed by atoms with Crippen molar-refractivity contribution in [3.05, 3.63) is 12.2 Å². The third kappa shape index (κ3) is 7.08. The van der Waals surface area contributed by atoms with Gasteiger partial charge in [-0.05, 0) is 38.5 Å². The first-order valence-corrected chi connectivity index (χ1v) is 9.27. The summed E-state index contributed by atoms with van der Waals surface area (Å²) in [6, 6.07) is 0. The Morgan fingerprint density at radius 1 is 1.40 bits per heavy atom. The molecule has 1 aromatic rings. The largest absolute Gasteiger partial charge is 0.396 e. The van der Waals surface area contributed by atoms with Crippen LogP contribution in [0.25, 0.3) is 0 Å². The molecule has 8 heteroatoms. The first-order chi connectivity index (χ1) is 11.8. The van der Waals surface area contributed by atoms with E-state index >= 15 is 0 Å². The normalized spacial score (nSPS) is 17.2. The number of nitrogens with zero attached hydrogens (tertiary/aromatic N) is 4. The van der Waals surface area contributed by atoms with Crippen molar-refractivity contribution < 1.29 is 5.11 Å². The fourth-order valence-electron chi connectivity index (χ4n) is 3.34. The summed E-state index contributed by atoms with van der Waals surface area (Å²) in [4.78, 5) is 11.5.